The highest BCUT2D eigenvalue weighted by molar-refractivity contribution is 5.90. The van der Waals surface area contributed by atoms with E-state index in [1.807, 2.05) is 36.4 Å². The highest BCUT2D eigenvalue weighted by Gasteiger charge is 2.58. The third-order valence-corrected chi connectivity index (χ3v) is 7.23. The van der Waals surface area contributed by atoms with E-state index in [0.29, 0.717) is 23.0 Å². The van der Waals surface area contributed by atoms with Crippen LogP contribution >= 0.6 is 0 Å². The van der Waals surface area contributed by atoms with E-state index in [1.165, 1.54) is 19.3 Å². The van der Waals surface area contributed by atoms with Crippen molar-refractivity contribution in [1.82, 2.24) is 0 Å². The Kier molecular flexibility index (Phi) is 4.86. The van der Waals surface area contributed by atoms with Crippen molar-refractivity contribution in [2.45, 2.75) is 44.3 Å². The summed E-state index contributed by atoms with van der Waals surface area (Å²) in [5.41, 5.74) is 1.09. The second-order valence-electron chi connectivity index (χ2n) is 8.64. The first-order chi connectivity index (χ1) is 14.2. The summed E-state index contributed by atoms with van der Waals surface area (Å²) in [6, 6.07) is 18.2. The van der Waals surface area contributed by atoms with E-state index in [2.05, 4.69) is 0 Å². The molecule has 6 rings (SSSR count). The van der Waals surface area contributed by atoms with Crippen LogP contribution in [0.5, 0.6) is 0 Å². The number of fused-ring (bicyclic) bond motifs is 2. The summed E-state index contributed by atoms with van der Waals surface area (Å²) >= 11 is 0. The molecule has 2 bridgehead atoms. The fourth-order valence-electron chi connectivity index (χ4n) is 6.04. The highest BCUT2D eigenvalue weighted by Crippen LogP contribution is 2.57. The van der Waals surface area contributed by atoms with Crippen molar-refractivity contribution < 1.29 is 19.1 Å². The molecule has 0 aromatic heterocycles. The van der Waals surface area contributed by atoms with Crippen LogP contribution in [0.2, 0.25) is 0 Å². The number of ether oxygens (including phenoxy) is 2. The maximum atomic E-state index is 12.8. The fourth-order valence-corrected chi connectivity index (χ4v) is 6.04. The number of esters is 2. The molecule has 4 fully saturated rings. The Balaban J connectivity index is 1.41. The molecule has 0 N–H and O–H groups in total. The summed E-state index contributed by atoms with van der Waals surface area (Å²) in [5.74, 6) is 1.11. The van der Waals surface area contributed by atoms with Gasteiger partial charge in [-0.05, 0) is 61.8 Å². The highest BCUT2D eigenvalue weighted by atomic mass is 16.6. The third kappa shape index (κ3) is 3.35. The van der Waals surface area contributed by atoms with Gasteiger partial charge in [-0.15, -0.1) is 0 Å². The van der Waals surface area contributed by atoms with Crippen LogP contribution in [0.15, 0.2) is 60.7 Å². The standard InChI is InChI=1S/C25H26O4/c26-24(16-8-3-1-4-9-16)28-22-20-14-15-21(19-13-7-12-18(19)20)23(22)29-25(27)17-10-5-2-6-11-17/h1-6,8-11,18-23H,7,12-15H2. The number of carbonyl (C=O) groups excluding carboxylic acids is 2. The Bertz CT molecular complexity index is 805. The normalized spacial score (nSPS) is 32.4. The van der Waals surface area contributed by atoms with Crippen LogP contribution in [0.1, 0.15) is 52.8 Å². The van der Waals surface area contributed by atoms with Crippen LogP contribution in [0.4, 0.5) is 0 Å². The topological polar surface area (TPSA) is 52.6 Å². The Morgan fingerprint density at radius 3 is 1.41 bits per heavy atom. The minimum atomic E-state index is -0.353. The number of hydrogen-bond donors (Lipinski definition) is 0. The summed E-state index contributed by atoms with van der Waals surface area (Å²) in [5, 5.41) is 0. The van der Waals surface area contributed by atoms with E-state index in [-0.39, 0.29) is 36.0 Å². The van der Waals surface area contributed by atoms with E-state index in [4.69, 9.17) is 9.47 Å². The summed E-state index contributed by atoms with van der Waals surface area (Å²) in [6.07, 6.45) is 5.02. The molecule has 150 valence electrons. The van der Waals surface area contributed by atoms with Crippen LogP contribution in [-0.4, -0.2) is 24.1 Å². The first kappa shape index (κ1) is 18.4. The third-order valence-electron chi connectivity index (χ3n) is 7.23. The van der Waals surface area contributed by atoms with Gasteiger partial charge in [-0.2, -0.15) is 0 Å². The van der Waals surface area contributed by atoms with Gasteiger partial charge in [-0.25, -0.2) is 9.59 Å². The van der Waals surface area contributed by atoms with Gasteiger partial charge in [0.1, 0.15) is 12.2 Å². The van der Waals surface area contributed by atoms with Gasteiger partial charge in [0.05, 0.1) is 11.1 Å². The van der Waals surface area contributed by atoms with Gasteiger partial charge in [0.2, 0.25) is 0 Å². The largest absolute Gasteiger partial charge is 0.455 e. The summed E-state index contributed by atoms with van der Waals surface area (Å²) < 4.78 is 12.1. The van der Waals surface area contributed by atoms with Crippen LogP contribution in [0.3, 0.4) is 0 Å². The van der Waals surface area contributed by atoms with Crippen molar-refractivity contribution >= 4 is 11.9 Å². The predicted octanol–water partition coefficient (Wildman–Crippen LogP) is 4.89. The van der Waals surface area contributed by atoms with E-state index in [9.17, 15) is 9.59 Å². The lowest BCUT2D eigenvalue weighted by atomic mass is 9.57. The van der Waals surface area contributed by atoms with Crippen LogP contribution in [0, 0.1) is 23.7 Å². The molecular weight excluding hydrogens is 364 g/mol. The summed E-state index contributed by atoms with van der Waals surface area (Å²) in [7, 11) is 0. The van der Waals surface area contributed by atoms with Crippen molar-refractivity contribution in [1.29, 1.82) is 0 Å². The Labute approximate surface area is 171 Å². The van der Waals surface area contributed by atoms with Crippen molar-refractivity contribution in [3.63, 3.8) is 0 Å². The Morgan fingerprint density at radius 1 is 0.586 bits per heavy atom. The lowest BCUT2D eigenvalue weighted by Gasteiger charge is -2.53. The van der Waals surface area contributed by atoms with Gasteiger partial charge in [0.25, 0.3) is 0 Å². The maximum absolute atomic E-state index is 12.8. The van der Waals surface area contributed by atoms with Crippen molar-refractivity contribution in [3.05, 3.63) is 71.8 Å². The lowest BCUT2D eigenvalue weighted by Crippen LogP contribution is -2.58. The molecule has 4 saturated carbocycles. The molecule has 6 atom stereocenters. The summed E-state index contributed by atoms with van der Waals surface area (Å²) in [6.45, 7) is 0. The van der Waals surface area contributed by atoms with E-state index in [1.54, 1.807) is 24.3 Å². The van der Waals surface area contributed by atoms with E-state index >= 15 is 0 Å². The molecule has 0 saturated heterocycles. The van der Waals surface area contributed by atoms with Gasteiger partial charge < -0.3 is 9.47 Å². The van der Waals surface area contributed by atoms with E-state index in [0.717, 1.165) is 12.8 Å². The quantitative estimate of drug-likeness (QED) is 0.697. The molecule has 6 unspecified atom stereocenters. The number of carbonyl (C=O) groups is 2. The average Bonchev–Trinajstić information content (AvgIpc) is 3.28. The van der Waals surface area contributed by atoms with Crippen LogP contribution in [-0.2, 0) is 9.47 Å². The zero-order valence-corrected chi connectivity index (χ0v) is 16.4. The van der Waals surface area contributed by atoms with Crippen molar-refractivity contribution in [2.75, 3.05) is 0 Å². The van der Waals surface area contributed by atoms with Crippen molar-refractivity contribution in [3.8, 4) is 0 Å². The molecule has 2 aromatic rings. The maximum Gasteiger partial charge on any atom is 0.338 e. The first-order valence-corrected chi connectivity index (χ1v) is 10.7. The van der Waals surface area contributed by atoms with Gasteiger partial charge in [-0.1, -0.05) is 42.8 Å². The van der Waals surface area contributed by atoms with Gasteiger partial charge >= 0.3 is 11.9 Å². The number of rotatable bonds is 4. The molecule has 0 heterocycles. The molecule has 4 nitrogen and oxygen atoms in total. The van der Waals surface area contributed by atoms with E-state index < -0.39 is 0 Å². The molecule has 4 heteroatoms. The molecule has 2 aromatic carbocycles. The first-order valence-electron chi connectivity index (χ1n) is 10.7. The molecule has 0 aliphatic heterocycles. The molecule has 29 heavy (non-hydrogen) atoms. The molecule has 4 aliphatic rings. The Hall–Kier alpha value is -2.62. The zero-order chi connectivity index (χ0) is 19.8. The molecule has 0 amide bonds. The summed E-state index contributed by atoms with van der Waals surface area (Å²) in [4.78, 5) is 25.6. The zero-order valence-electron chi connectivity index (χ0n) is 16.4. The fraction of sp³-hybridized carbons (Fsp3) is 0.440. The smallest absolute Gasteiger partial charge is 0.338 e. The lowest BCUT2D eigenvalue weighted by molar-refractivity contribution is -0.159. The van der Waals surface area contributed by atoms with Crippen molar-refractivity contribution in [2.24, 2.45) is 23.7 Å². The number of hydrogen-bond acceptors (Lipinski definition) is 4. The SMILES string of the molecule is O=C(OC1C2CCC(C3CCCC32)C1OC(=O)c1ccccc1)c1ccccc1. The average molecular weight is 390 g/mol. The monoisotopic (exact) mass is 390 g/mol. The minimum absolute atomic E-state index is 0.286. The molecule has 0 spiro atoms. The Morgan fingerprint density at radius 2 is 1.00 bits per heavy atom. The van der Waals surface area contributed by atoms with Gasteiger partial charge in [0.15, 0.2) is 0 Å². The van der Waals surface area contributed by atoms with Gasteiger partial charge in [0, 0.05) is 11.8 Å². The van der Waals surface area contributed by atoms with Crippen LogP contribution in [0.25, 0.3) is 0 Å². The molecule has 0 radical (unpaired) electrons. The van der Waals surface area contributed by atoms with Gasteiger partial charge in [-0.3, -0.25) is 0 Å². The molecular formula is C25H26O4. The minimum Gasteiger partial charge on any atom is -0.455 e. The number of benzene rings is 2. The van der Waals surface area contributed by atoms with Crippen LogP contribution < -0.4 is 0 Å². The predicted molar refractivity (Wildman–Crippen MR) is 108 cm³/mol. The second-order valence-corrected chi connectivity index (χ2v) is 8.64. The molecule has 4 aliphatic carbocycles. The second kappa shape index (κ2) is 7.66.